The van der Waals surface area contributed by atoms with Crippen LogP contribution in [0.25, 0.3) is 0 Å². The van der Waals surface area contributed by atoms with Gasteiger partial charge in [-0.05, 0) is 13.8 Å². The summed E-state index contributed by atoms with van der Waals surface area (Å²) >= 11 is 0. The van der Waals surface area contributed by atoms with E-state index < -0.39 is 5.91 Å². The van der Waals surface area contributed by atoms with Crippen molar-refractivity contribution in [3.63, 3.8) is 0 Å². The predicted molar refractivity (Wildman–Crippen MR) is 46.3 cm³/mol. The van der Waals surface area contributed by atoms with Crippen LogP contribution in [-0.2, 0) is 9.59 Å². The van der Waals surface area contributed by atoms with Crippen molar-refractivity contribution >= 4 is 11.8 Å². The molecule has 0 aromatic carbocycles. The molecule has 0 aliphatic carbocycles. The van der Waals surface area contributed by atoms with Crippen molar-refractivity contribution in [1.82, 2.24) is 4.90 Å². The van der Waals surface area contributed by atoms with Crippen LogP contribution in [0.5, 0.6) is 0 Å². The van der Waals surface area contributed by atoms with Crippen LogP contribution < -0.4 is 5.73 Å². The van der Waals surface area contributed by atoms with E-state index in [0.717, 1.165) is 0 Å². The summed E-state index contributed by atoms with van der Waals surface area (Å²) in [6.45, 7) is 7.30. The molecule has 12 heavy (non-hydrogen) atoms. The Labute approximate surface area is 72.0 Å². The molecule has 0 radical (unpaired) electrons. The largest absolute Gasteiger partial charge is 0.368 e. The van der Waals surface area contributed by atoms with Crippen LogP contribution in [0.4, 0.5) is 0 Å². The average molecular weight is 170 g/mol. The normalized spacial score (nSPS) is 9.17. The smallest absolute Gasteiger partial charge is 0.249 e. The first-order valence-corrected chi connectivity index (χ1v) is 3.72. The van der Waals surface area contributed by atoms with Crippen LogP contribution >= 0.6 is 0 Å². The number of likely N-dealkylation sites (N-methyl/N-ethyl adjacent to an activating group) is 1. The van der Waals surface area contributed by atoms with Gasteiger partial charge in [0.25, 0.3) is 0 Å². The summed E-state index contributed by atoms with van der Waals surface area (Å²) in [4.78, 5) is 23.1. The van der Waals surface area contributed by atoms with Crippen LogP contribution in [-0.4, -0.2) is 29.8 Å². The molecule has 0 aromatic heterocycles. The monoisotopic (exact) mass is 170 g/mol. The van der Waals surface area contributed by atoms with Crippen molar-refractivity contribution in [3.8, 4) is 0 Å². The van der Waals surface area contributed by atoms with Crippen LogP contribution in [0, 0.1) is 0 Å². The van der Waals surface area contributed by atoms with Gasteiger partial charge in [-0.25, -0.2) is 0 Å². The van der Waals surface area contributed by atoms with Crippen molar-refractivity contribution in [1.29, 1.82) is 0 Å². The lowest BCUT2D eigenvalue weighted by Gasteiger charge is -2.18. The van der Waals surface area contributed by atoms with Gasteiger partial charge in [-0.3, -0.25) is 9.59 Å². The number of nitrogens with two attached hydrogens (primary N) is 1. The third kappa shape index (κ3) is 3.18. The molecule has 2 amide bonds. The number of hydrogen-bond donors (Lipinski definition) is 1. The SMILES string of the molecule is C=C(C)C(=O)N(CC)CC(N)=O. The highest BCUT2D eigenvalue weighted by molar-refractivity contribution is 5.94. The lowest BCUT2D eigenvalue weighted by atomic mass is 10.3. The van der Waals surface area contributed by atoms with Crippen molar-refractivity contribution < 1.29 is 9.59 Å². The molecular weight excluding hydrogens is 156 g/mol. The number of carbonyl (C=O) groups excluding carboxylic acids is 2. The van der Waals surface area contributed by atoms with Crippen LogP contribution in [0.15, 0.2) is 12.2 Å². The minimum absolute atomic E-state index is 0.0395. The fourth-order valence-corrected chi connectivity index (χ4v) is 0.785. The van der Waals surface area contributed by atoms with Gasteiger partial charge in [0, 0.05) is 12.1 Å². The van der Waals surface area contributed by atoms with Crippen LogP contribution in [0.2, 0.25) is 0 Å². The molecule has 0 aliphatic heterocycles. The Morgan fingerprint density at radius 3 is 2.25 bits per heavy atom. The quantitative estimate of drug-likeness (QED) is 0.599. The van der Waals surface area contributed by atoms with Crippen molar-refractivity contribution in [2.24, 2.45) is 5.73 Å². The molecular formula is C8H14N2O2. The van der Waals surface area contributed by atoms with Crippen LogP contribution in [0.3, 0.4) is 0 Å². The molecule has 0 rings (SSSR count). The molecule has 68 valence electrons. The standard InChI is InChI=1S/C8H14N2O2/c1-4-10(5-7(9)11)8(12)6(2)3/h2,4-5H2,1,3H3,(H2,9,11). The van der Waals surface area contributed by atoms with E-state index in [9.17, 15) is 9.59 Å². The second kappa shape index (κ2) is 4.54. The molecule has 4 heteroatoms. The Bertz CT molecular complexity index is 211. The van der Waals surface area contributed by atoms with Crippen molar-refractivity contribution in [2.45, 2.75) is 13.8 Å². The fraction of sp³-hybridized carbons (Fsp3) is 0.500. The minimum atomic E-state index is -0.508. The molecule has 0 fully saturated rings. The lowest BCUT2D eigenvalue weighted by molar-refractivity contribution is -0.131. The van der Waals surface area contributed by atoms with Crippen molar-refractivity contribution in [2.75, 3.05) is 13.1 Å². The first-order valence-electron chi connectivity index (χ1n) is 3.72. The molecule has 0 heterocycles. The topological polar surface area (TPSA) is 63.4 Å². The van der Waals surface area contributed by atoms with Crippen molar-refractivity contribution in [3.05, 3.63) is 12.2 Å². The van der Waals surface area contributed by atoms with Gasteiger partial charge in [0.05, 0.1) is 6.54 Å². The van der Waals surface area contributed by atoms with Gasteiger partial charge in [-0.15, -0.1) is 0 Å². The first kappa shape index (κ1) is 10.7. The van der Waals surface area contributed by atoms with Gasteiger partial charge in [0.15, 0.2) is 0 Å². The number of hydrogen-bond acceptors (Lipinski definition) is 2. The number of primary amides is 1. The lowest BCUT2D eigenvalue weighted by Crippen LogP contribution is -2.38. The summed E-state index contributed by atoms with van der Waals surface area (Å²) in [5, 5.41) is 0. The van der Waals surface area contributed by atoms with Gasteiger partial charge >= 0.3 is 0 Å². The van der Waals surface area contributed by atoms with E-state index in [1.54, 1.807) is 13.8 Å². The molecule has 4 nitrogen and oxygen atoms in total. The Balaban J connectivity index is 4.24. The minimum Gasteiger partial charge on any atom is -0.368 e. The number of rotatable bonds is 4. The molecule has 0 aliphatic rings. The molecule has 0 saturated heterocycles. The number of amides is 2. The summed E-state index contributed by atoms with van der Waals surface area (Å²) in [5.74, 6) is -0.734. The second-order valence-corrected chi connectivity index (χ2v) is 2.57. The zero-order valence-corrected chi connectivity index (χ0v) is 7.46. The van der Waals surface area contributed by atoms with Gasteiger partial charge in [0.2, 0.25) is 11.8 Å². The summed E-state index contributed by atoms with van der Waals surface area (Å²) in [6, 6.07) is 0. The molecule has 0 unspecified atom stereocenters. The molecule has 0 bridgehead atoms. The second-order valence-electron chi connectivity index (χ2n) is 2.57. The summed E-state index contributed by atoms with van der Waals surface area (Å²) in [5.41, 5.74) is 5.36. The maximum absolute atomic E-state index is 11.2. The Morgan fingerprint density at radius 2 is 2.00 bits per heavy atom. The highest BCUT2D eigenvalue weighted by Crippen LogP contribution is 1.97. The van der Waals surface area contributed by atoms with E-state index in [1.807, 2.05) is 0 Å². The van der Waals surface area contributed by atoms with E-state index in [0.29, 0.717) is 12.1 Å². The summed E-state index contributed by atoms with van der Waals surface area (Å²) in [7, 11) is 0. The number of nitrogens with zero attached hydrogens (tertiary/aromatic N) is 1. The van der Waals surface area contributed by atoms with E-state index in [-0.39, 0.29) is 12.5 Å². The average Bonchev–Trinajstić information content (AvgIpc) is 1.98. The fourth-order valence-electron chi connectivity index (χ4n) is 0.785. The van der Waals surface area contributed by atoms with E-state index >= 15 is 0 Å². The highest BCUT2D eigenvalue weighted by atomic mass is 16.2. The van der Waals surface area contributed by atoms with E-state index in [4.69, 9.17) is 5.73 Å². The zero-order valence-electron chi connectivity index (χ0n) is 7.46. The van der Waals surface area contributed by atoms with Gasteiger partial charge < -0.3 is 10.6 Å². The van der Waals surface area contributed by atoms with E-state index in [2.05, 4.69) is 6.58 Å². The van der Waals surface area contributed by atoms with Crippen LogP contribution in [0.1, 0.15) is 13.8 Å². The Hall–Kier alpha value is -1.32. The predicted octanol–water partition coefficient (Wildman–Crippen LogP) is -0.104. The molecule has 2 N–H and O–H groups in total. The Morgan fingerprint density at radius 1 is 1.50 bits per heavy atom. The Kier molecular flexibility index (Phi) is 4.04. The van der Waals surface area contributed by atoms with Gasteiger partial charge in [-0.1, -0.05) is 6.58 Å². The maximum Gasteiger partial charge on any atom is 0.249 e. The molecule has 0 aromatic rings. The molecule has 0 spiro atoms. The van der Waals surface area contributed by atoms with E-state index in [1.165, 1.54) is 4.90 Å². The summed E-state index contributed by atoms with van der Waals surface area (Å²) < 4.78 is 0. The highest BCUT2D eigenvalue weighted by Gasteiger charge is 2.13. The molecule has 0 saturated carbocycles. The molecule has 0 atom stereocenters. The third-order valence-electron chi connectivity index (χ3n) is 1.38. The van der Waals surface area contributed by atoms with Gasteiger partial charge in [0.1, 0.15) is 0 Å². The zero-order chi connectivity index (χ0) is 9.72. The summed E-state index contributed by atoms with van der Waals surface area (Å²) in [6.07, 6.45) is 0. The first-order chi connectivity index (χ1) is 5.49. The maximum atomic E-state index is 11.2. The third-order valence-corrected chi connectivity index (χ3v) is 1.38. The number of carbonyl (C=O) groups is 2. The van der Waals surface area contributed by atoms with Gasteiger partial charge in [-0.2, -0.15) is 0 Å².